The van der Waals surface area contributed by atoms with Crippen molar-refractivity contribution < 1.29 is 0 Å². The average Bonchev–Trinajstić information content (AvgIpc) is 3.57. The Morgan fingerprint density at radius 1 is 0.676 bits per heavy atom. The second kappa shape index (κ2) is 8.92. The number of benzene rings is 3. The van der Waals surface area contributed by atoms with Crippen LogP contribution in [-0.4, -0.2) is 39.8 Å². The Morgan fingerprint density at radius 3 is 1.88 bits per heavy atom. The van der Waals surface area contributed by atoms with Gasteiger partial charge in [-0.05, 0) is 29.8 Å². The van der Waals surface area contributed by atoms with Gasteiger partial charge in [-0.2, -0.15) is 0 Å². The summed E-state index contributed by atoms with van der Waals surface area (Å²) in [5.41, 5.74) is 6.11. The molecule has 2 N–H and O–H groups in total. The number of hydrogen-bond donors (Lipinski definition) is 2. The molecule has 0 atom stereocenters. The Balaban J connectivity index is 1.24. The van der Waals surface area contributed by atoms with Crippen molar-refractivity contribution in [1.82, 2.24) is 39.8 Å². The molecule has 8 nitrogen and oxygen atoms in total. The molecule has 0 aliphatic carbocycles. The summed E-state index contributed by atoms with van der Waals surface area (Å²) in [6, 6.07) is 26.5. The number of aromatic nitrogens is 7. The fourth-order valence-electron chi connectivity index (χ4n) is 4.24. The lowest BCUT2D eigenvalue weighted by atomic mass is 10.2. The molecule has 6 rings (SSSR count). The van der Waals surface area contributed by atoms with E-state index in [9.17, 15) is 0 Å². The van der Waals surface area contributed by atoms with Crippen molar-refractivity contribution in [3.05, 3.63) is 108 Å². The average molecular weight is 449 g/mol. The fraction of sp³-hybridized carbons (Fsp3) is 0.154. The maximum absolute atomic E-state index is 4.77. The third kappa shape index (κ3) is 4.44. The minimum atomic E-state index is 0.628. The third-order valence-electron chi connectivity index (χ3n) is 5.78. The quantitative estimate of drug-likeness (QED) is 0.363. The Morgan fingerprint density at radius 2 is 1.26 bits per heavy atom. The zero-order chi connectivity index (χ0) is 22.7. The van der Waals surface area contributed by atoms with Crippen LogP contribution in [0.5, 0.6) is 0 Å². The first-order chi connectivity index (χ1) is 16.8. The van der Waals surface area contributed by atoms with Gasteiger partial charge in [-0.3, -0.25) is 4.90 Å². The largest absolute Gasteiger partial charge is 0.341 e. The van der Waals surface area contributed by atoms with Crippen LogP contribution in [0, 0.1) is 0 Å². The number of nitrogens with zero attached hydrogens (tertiary/aromatic N) is 6. The first-order valence-electron chi connectivity index (χ1n) is 11.3. The van der Waals surface area contributed by atoms with Crippen LogP contribution in [-0.2, 0) is 26.2 Å². The standard InChI is InChI=1S/C26H24N8/c1-2-8-19(9-3-1)14-34-16-20(31-32-34)15-33(17-25-27-21-10-4-5-11-22(21)28-25)18-26-29-23-12-6-7-13-24(23)30-26/h1-13,16H,14-15,17-18H2,(H,27,28)(H,29,30). The zero-order valence-corrected chi connectivity index (χ0v) is 18.6. The molecule has 0 fully saturated rings. The molecule has 34 heavy (non-hydrogen) atoms. The first-order valence-corrected chi connectivity index (χ1v) is 11.3. The molecule has 3 heterocycles. The van der Waals surface area contributed by atoms with Gasteiger partial charge in [0.15, 0.2) is 0 Å². The number of rotatable bonds is 8. The maximum Gasteiger partial charge on any atom is 0.121 e. The molecule has 0 unspecified atom stereocenters. The van der Waals surface area contributed by atoms with Crippen molar-refractivity contribution in [3.63, 3.8) is 0 Å². The second-order valence-corrected chi connectivity index (χ2v) is 8.44. The van der Waals surface area contributed by atoms with Gasteiger partial charge >= 0.3 is 0 Å². The van der Waals surface area contributed by atoms with Gasteiger partial charge in [0, 0.05) is 6.54 Å². The summed E-state index contributed by atoms with van der Waals surface area (Å²) in [7, 11) is 0. The van der Waals surface area contributed by atoms with Crippen LogP contribution in [0.25, 0.3) is 22.1 Å². The monoisotopic (exact) mass is 448 g/mol. The predicted molar refractivity (Wildman–Crippen MR) is 131 cm³/mol. The molecule has 0 radical (unpaired) electrons. The topological polar surface area (TPSA) is 91.3 Å². The zero-order valence-electron chi connectivity index (χ0n) is 18.6. The van der Waals surface area contributed by atoms with E-state index in [0.29, 0.717) is 26.2 Å². The van der Waals surface area contributed by atoms with E-state index in [4.69, 9.17) is 9.97 Å². The Kier molecular flexibility index (Phi) is 5.33. The summed E-state index contributed by atoms with van der Waals surface area (Å²) < 4.78 is 1.88. The van der Waals surface area contributed by atoms with Crippen LogP contribution >= 0.6 is 0 Å². The van der Waals surface area contributed by atoms with Gasteiger partial charge < -0.3 is 9.97 Å². The number of para-hydroxylation sites is 4. The summed E-state index contributed by atoms with van der Waals surface area (Å²) in [6.45, 7) is 2.60. The molecule has 0 aliphatic heterocycles. The molecule has 0 saturated carbocycles. The van der Waals surface area contributed by atoms with Crippen molar-refractivity contribution in [3.8, 4) is 0 Å². The van der Waals surface area contributed by atoms with Gasteiger partial charge in [0.2, 0.25) is 0 Å². The van der Waals surface area contributed by atoms with Crippen molar-refractivity contribution in [2.45, 2.75) is 26.2 Å². The Labute approximate surface area is 196 Å². The van der Waals surface area contributed by atoms with Gasteiger partial charge in [-0.25, -0.2) is 14.6 Å². The van der Waals surface area contributed by atoms with Gasteiger partial charge in [0.1, 0.15) is 11.6 Å². The van der Waals surface area contributed by atoms with E-state index < -0.39 is 0 Å². The Bertz CT molecular complexity index is 1390. The number of imidazole rings is 2. The molecule has 0 saturated heterocycles. The maximum atomic E-state index is 4.77. The minimum absolute atomic E-state index is 0.628. The minimum Gasteiger partial charge on any atom is -0.341 e. The van der Waals surface area contributed by atoms with E-state index >= 15 is 0 Å². The molecule has 0 bridgehead atoms. The predicted octanol–water partition coefficient (Wildman–Crippen LogP) is 4.28. The SMILES string of the molecule is c1ccc(Cn2cc(CN(Cc3nc4ccccc4[nH]3)Cc3nc4ccccc4[nH]3)nn2)cc1. The molecular weight excluding hydrogens is 424 g/mol. The van der Waals surface area contributed by atoms with E-state index in [2.05, 4.69) is 37.3 Å². The van der Waals surface area contributed by atoms with Crippen molar-refractivity contribution in [2.75, 3.05) is 0 Å². The van der Waals surface area contributed by atoms with Gasteiger partial charge in [0.05, 0.1) is 53.6 Å². The van der Waals surface area contributed by atoms with Crippen LogP contribution in [0.3, 0.4) is 0 Å². The third-order valence-corrected chi connectivity index (χ3v) is 5.78. The molecule has 0 amide bonds. The van der Waals surface area contributed by atoms with Gasteiger partial charge in [0.25, 0.3) is 0 Å². The molecule has 8 heteroatoms. The highest BCUT2D eigenvalue weighted by atomic mass is 15.4. The van der Waals surface area contributed by atoms with E-state index in [1.165, 1.54) is 5.56 Å². The Hall–Kier alpha value is -4.30. The molecule has 3 aromatic heterocycles. The summed E-state index contributed by atoms with van der Waals surface area (Å²) in [5, 5.41) is 8.77. The second-order valence-electron chi connectivity index (χ2n) is 8.44. The smallest absolute Gasteiger partial charge is 0.121 e. The summed E-state index contributed by atoms with van der Waals surface area (Å²) in [6.07, 6.45) is 2.01. The molecule has 0 spiro atoms. The molecule has 6 aromatic rings. The highest BCUT2D eigenvalue weighted by molar-refractivity contribution is 5.75. The first kappa shape index (κ1) is 20.3. The summed E-state index contributed by atoms with van der Waals surface area (Å²) in [5.74, 6) is 1.82. The lowest BCUT2D eigenvalue weighted by Crippen LogP contribution is -2.24. The molecule has 168 valence electrons. The normalized spacial score (nSPS) is 11.7. The lowest BCUT2D eigenvalue weighted by molar-refractivity contribution is 0.234. The van der Waals surface area contributed by atoms with Crippen LogP contribution in [0.2, 0.25) is 0 Å². The van der Waals surface area contributed by atoms with E-state index in [1.54, 1.807) is 0 Å². The number of fused-ring (bicyclic) bond motifs is 2. The van der Waals surface area contributed by atoms with E-state index in [0.717, 1.165) is 39.4 Å². The van der Waals surface area contributed by atoms with Crippen LogP contribution in [0.15, 0.2) is 85.1 Å². The van der Waals surface area contributed by atoms with Crippen molar-refractivity contribution in [2.24, 2.45) is 0 Å². The highest BCUT2D eigenvalue weighted by Gasteiger charge is 2.15. The lowest BCUT2D eigenvalue weighted by Gasteiger charge is -2.18. The fourth-order valence-corrected chi connectivity index (χ4v) is 4.24. The van der Waals surface area contributed by atoms with Gasteiger partial charge in [-0.1, -0.05) is 59.8 Å². The van der Waals surface area contributed by atoms with Crippen LogP contribution in [0.4, 0.5) is 0 Å². The summed E-state index contributed by atoms with van der Waals surface area (Å²) >= 11 is 0. The number of hydrogen-bond acceptors (Lipinski definition) is 5. The number of H-pyrrole nitrogens is 2. The summed E-state index contributed by atoms with van der Waals surface area (Å²) in [4.78, 5) is 18.7. The molecule has 0 aliphatic rings. The van der Waals surface area contributed by atoms with Crippen molar-refractivity contribution in [1.29, 1.82) is 0 Å². The highest BCUT2D eigenvalue weighted by Crippen LogP contribution is 2.17. The van der Waals surface area contributed by atoms with E-state index in [-0.39, 0.29) is 0 Å². The van der Waals surface area contributed by atoms with E-state index in [1.807, 2.05) is 77.6 Å². The van der Waals surface area contributed by atoms with Crippen LogP contribution < -0.4 is 0 Å². The molecule has 3 aromatic carbocycles. The molecular formula is C26H24N8. The van der Waals surface area contributed by atoms with Crippen LogP contribution in [0.1, 0.15) is 22.9 Å². The number of nitrogens with one attached hydrogen (secondary N) is 2. The van der Waals surface area contributed by atoms with Crippen molar-refractivity contribution >= 4 is 22.1 Å². The number of aromatic amines is 2. The van der Waals surface area contributed by atoms with Gasteiger partial charge in [-0.15, -0.1) is 5.10 Å².